The fourth-order valence-electron chi connectivity index (χ4n) is 4.02. The van der Waals surface area contributed by atoms with E-state index in [1.807, 2.05) is 84.1 Å². The van der Waals surface area contributed by atoms with Gasteiger partial charge in [-0.25, -0.2) is 4.68 Å². The molecule has 0 bridgehead atoms. The van der Waals surface area contributed by atoms with Gasteiger partial charge in [-0.1, -0.05) is 36.4 Å². The number of rotatable bonds is 5. The van der Waals surface area contributed by atoms with Gasteiger partial charge in [-0.2, -0.15) is 5.10 Å². The third kappa shape index (κ3) is 4.67. The summed E-state index contributed by atoms with van der Waals surface area (Å²) in [6, 6.07) is 19.2. The van der Waals surface area contributed by atoms with Crippen LogP contribution in [0.5, 0.6) is 0 Å². The molecule has 31 heavy (non-hydrogen) atoms. The molecule has 0 radical (unpaired) electrons. The standard InChI is InChI=1S/C24H27N5O2/c1-18-23(19(2)29(26-18)21-11-7-4-8-12-21)25-22(30)17-27-13-15-28(16-14-27)24(31)20-9-5-3-6-10-20/h3-12H,13-17H2,1-2H3,(H,25,30)/p+1. The van der Waals surface area contributed by atoms with E-state index in [1.165, 1.54) is 4.90 Å². The highest BCUT2D eigenvalue weighted by molar-refractivity contribution is 5.94. The summed E-state index contributed by atoms with van der Waals surface area (Å²) in [5.74, 6) is 0.0281. The van der Waals surface area contributed by atoms with Crippen LogP contribution in [0.3, 0.4) is 0 Å². The second-order valence-electron chi connectivity index (χ2n) is 7.93. The van der Waals surface area contributed by atoms with E-state index in [-0.39, 0.29) is 11.8 Å². The van der Waals surface area contributed by atoms with E-state index in [2.05, 4.69) is 10.4 Å². The van der Waals surface area contributed by atoms with E-state index in [1.54, 1.807) is 0 Å². The number of aryl methyl sites for hydroxylation is 1. The molecular weight excluding hydrogens is 390 g/mol. The Morgan fingerprint density at radius 1 is 0.968 bits per heavy atom. The van der Waals surface area contributed by atoms with Gasteiger partial charge in [0.1, 0.15) is 0 Å². The van der Waals surface area contributed by atoms with Crippen LogP contribution >= 0.6 is 0 Å². The van der Waals surface area contributed by atoms with E-state index in [0.29, 0.717) is 25.2 Å². The van der Waals surface area contributed by atoms with E-state index >= 15 is 0 Å². The van der Waals surface area contributed by atoms with Crippen molar-refractivity contribution in [2.24, 2.45) is 0 Å². The number of nitrogens with zero attached hydrogens (tertiary/aromatic N) is 3. The zero-order chi connectivity index (χ0) is 21.8. The summed E-state index contributed by atoms with van der Waals surface area (Å²) in [6.45, 7) is 7.07. The molecule has 1 aliphatic heterocycles. The molecule has 0 unspecified atom stereocenters. The fraction of sp³-hybridized carbons (Fsp3) is 0.292. The number of para-hydroxylation sites is 1. The number of carbonyl (C=O) groups is 2. The molecule has 7 heteroatoms. The quantitative estimate of drug-likeness (QED) is 0.659. The predicted molar refractivity (Wildman–Crippen MR) is 120 cm³/mol. The average molecular weight is 419 g/mol. The van der Waals surface area contributed by atoms with Crippen molar-refractivity contribution >= 4 is 17.5 Å². The number of aromatic nitrogens is 2. The normalized spacial score (nSPS) is 14.5. The van der Waals surface area contributed by atoms with Gasteiger partial charge >= 0.3 is 0 Å². The van der Waals surface area contributed by atoms with Gasteiger partial charge in [-0.3, -0.25) is 9.59 Å². The summed E-state index contributed by atoms with van der Waals surface area (Å²) < 4.78 is 1.85. The first-order valence-corrected chi connectivity index (χ1v) is 10.6. The summed E-state index contributed by atoms with van der Waals surface area (Å²) in [5.41, 5.74) is 4.15. The number of carbonyl (C=O) groups excluding carboxylic acids is 2. The van der Waals surface area contributed by atoms with Gasteiger partial charge in [0.25, 0.3) is 11.8 Å². The maximum absolute atomic E-state index is 12.7. The van der Waals surface area contributed by atoms with Crippen molar-refractivity contribution in [1.29, 1.82) is 0 Å². The zero-order valence-corrected chi connectivity index (χ0v) is 18.0. The topological polar surface area (TPSA) is 71.7 Å². The van der Waals surface area contributed by atoms with Crippen molar-refractivity contribution in [2.45, 2.75) is 13.8 Å². The van der Waals surface area contributed by atoms with Crippen LogP contribution in [-0.2, 0) is 4.79 Å². The number of hydrogen-bond acceptors (Lipinski definition) is 3. The summed E-state index contributed by atoms with van der Waals surface area (Å²) in [7, 11) is 0. The highest BCUT2D eigenvalue weighted by Crippen LogP contribution is 2.22. The largest absolute Gasteiger partial charge is 0.327 e. The lowest BCUT2D eigenvalue weighted by atomic mass is 10.2. The SMILES string of the molecule is Cc1nn(-c2ccccc2)c(C)c1NC(=O)C[NH+]1CCN(C(=O)c2ccccc2)CC1. The lowest BCUT2D eigenvalue weighted by molar-refractivity contribution is -0.895. The number of nitrogens with one attached hydrogen (secondary N) is 2. The average Bonchev–Trinajstić information content (AvgIpc) is 3.08. The molecule has 0 saturated carbocycles. The number of anilines is 1. The first-order valence-electron chi connectivity index (χ1n) is 10.6. The Morgan fingerprint density at radius 3 is 2.23 bits per heavy atom. The number of quaternary nitrogens is 1. The van der Waals surface area contributed by atoms with Crippen LogP contribution in [-0.4, -0.2) is 59.2 Å². The van der Waals surface area contributed by atoms with Crippen molar-refractivity contribution in [3.63, 3.8) is 0 Å². The minimum absolute atomic E-state index is 0.0309. The molecule has 2 N–H and O–H groups in total. The van der Waals surface area contributed by atoms with Gasteiger partial charge in [0.2, 0.25) is 0 Å². The fourth-order valence-corrected chi connectivity index (χ4v) is 4.02. The van der Waals surface area contributed by atoms with Gasteiger partial charge in [-0.05, 0) is 38.1 Å². The first-order chi connectivity index (χ1) is 15.0. The van der Waals surface area contributed by atoms with Gasteiger partial charge in [-0.15, -0.1) is 0 Å². The Hall–Kier alpha value is -3.45. The Labute approximate surface area is 182 Å². The molecule has 2 aromatic carbocycles. The third-order valence-corrected chi connectivity index (χ3v) is 5.75. The second kappa shape index (κ2) is 9.14. The molecule has 3 aromatic rings. The monoisotopic (exact) mass is 418 g/mol. The maximum atomic E-state index is 12.7. The minimum Gasteiger partial charge on any atom is -0.327 e. The molecule has 0 atom stereocenters. The molecule has 4 rings (SSSR count). The van der Waals surface area contributed by atoms with Gasteiger partial charge < -0.3 is 15.1 Å². The van der Waals surface area contributed by atoms with Crippen LogP contribution in [0.2, 0.25) is 0 Å². The van der Waals surface area contributed by atoms with Crippen LogP contribution in [0.4, 0.5) is 5.69 Å². The Bertz CT molecular complexity index is 1050. The predicted octanol–water partition coefficient (Wildman–Crippen LogP) is 1.47. The molecule has 1 aliphatic rings. The molecule has 2 heterocycles. The third-order valence-electron chi connectivity index (χ3n) is 5.75. The molecule has 0 spiro atoms. The first kappa shape index (κ1) is 20.8. The highest BCUT2D eigenvalue weighted by Gasteiger charge is 2.26. The van der Waals surface area contributed by atoms with Crippen LogP contribution in [0.25, 0.3) is 5.69 Å². The number of hydrogen-bond donors (Lipinski definition) is 2. The highest BCUT2D eigenvalue weighted by atomic mass is 16.2. The summed E-state index contributed by atoms with van der Waals surface area (Å²) in [4.78, 5) is 28.4. The molecule has 160 valence electrons. The number of piperazine rings is 1. The lowest BCUT2D eigenvalue weighted by Gasteiger charge is -2.32. The van der Waals surface area contributed by atoms with E-state index in [4.69, 9.17) is 0 Å². The molecule has 2 amide bonds. The van der Waals surface area contributed by atoms with Gasteiger partial charge in [0, 0.05) is 5.56 Å². The summed E-state index contributed by atoms with van der Waals surface area (Å²) in [5, 5.41) is 7.64. The molecule has 1 aromatic heterocycles. The number of amides is 2. The summed E-state index contributed by atoms with van der Waals surface area (Å²) >= 11 is 0. The smallest absolute Gasteiger partial charge is 0.279 e. The van der Waals surface area contributed by atoms with Crippen LogP contribution < -0.4 is 10.2 Å². The zero-order valence-electron chi connectivity index (χ0n) is 18.0. The van der Waals surface area contributed by atoms with Gasteiger partial charge in [0.05, 0.1) is 48.9 Å². The molecule has 1 saturated heterocycles. The van der Waals surface area contributed by atoms with Crippen LogP contribution in [0, 0.1) is 13.8 Å². The second-order valence-corrected chi connectivity index (χ2v) is 7.93. The Kier molecular flexibility index (Phi) is 6.13. The van der Waals surface area contributed by atoms with Crippen LogP contribution in [0.15, 0.2) is 60.7 Å². The maximum Gasteiger partial charge on any atom is 0.279 e. The van der Waals surface area contributed by atoms with Gasteiger partial charge in [0.15, 0.2) is 6.54 Å². The number of benzene rings is 2. The van der Waals surface area contributed by atoms with Crippen molar-refractivity contribution in [2.75, 3.05) is 38.0 Å². The van der Waals surface area contributed by atoms with Crippen molar-refractivity contribution in [3.05, 3.63) is 77.6 Å². The Morgan fingerprint density at radius 2 is 1.58 bits per heavy atom. The van der Waals surface area contributed by atoms with Crippen molar-refractivity contribution in [3.8, 4) is 5.69 Å². The van der Waals surface area contributed by atoms with E-state index < -0.39 is 0 Å². The van der Waals surface area contributed by atoms with Crippen molar-refractivity contribution in [1.82, 2.24) is 14.7 Å². The van der Waals surface area contributed by atoms with Crippen LogP contribution in [0.1, 0.15) is 21.7 Å². The van der Waals surface area contributed by atoms with Crippen molar-refractivity contribution < 1.29 is 14.5 Å². The minimum atomic E-state index is -0.0309. The lowest BCUT2D eigenvalue weighted by Crippen LogP contribution is -3.15. The summed E-state index contributed by atoms with van der Waals surface area (Å²) in [6.07, 6.45) is 0. The molecular formula is C24H28N5O2+. The molecule has 0 aliphatic carbocycles. The molecule has 1 fully saturated rings. The Balaban J connectivity index is 1.33. The van der Waals surface area contributed by atoms with E-state index in [9.17, 15) is 9.59 Å². The van der Waals surface area contributed by atoms with E-state index in [0.717, 1.165) is 35.9 Å². The molecule has 7 nitrogen and oxygen atoms in total.